The Kier molecular flexibility index (Phi) is 7.39. The van der Waals surface area contributed by atoms with Crippen molar-refractivity contribution in [2.45, 2.75) is 69.7 Å². The number of hydrogen-bond donors (Lipinski definition) is 3. The van der Waals surface area contributed by atoms with Crippen LogP contribution in [0.15, 0.2) is 0 Å². The van der Waals surface area contributed by atoms with Crippen molar-refractivity contribution in [3.63, 3.8) is 0 Å². The van der Waals surface area contributed by atoms with Crippen LogP contribution in [0.2, 0.25) is 0 Å². The molecule has 1 aliphatic rings. The minimum atomic E-state index is -1.26. The molecule has 0 amide bonds. The summed E-state index contributed by atoms with van der Waals surface area (Å²) in [5, 5.41) is 38.7. The minimum absolute atomic E-state index is 0.218. The van der Waals surface area contributed by atoms with E-state index in [1.54, 1.807) is 6.92 Å². The second kappa shape index (κ2) is 8.53. The number of ether oxygens (including phenoxy) is 2. The number of carboxylic acid groups (broad SMARTS) is 1. The molecule has 1 saturated heterocycles. The number of aliphatic carboxylic acids is 1. The lowest BCUT2D eigenvalue weighted by molar-refractivity contribution is -0.307. The standard InChI is InChI=1S/C13H24O7/c1-8-10(15)7-11(16)13(20-8)19-5-3-2-4-9(14)6-12(17)18/h8-11,13-16H,2-7H2,1H3,(H,17,18)/p-1/t8-,9+,10+,11+,13+/m0/s1. The fourth-order valence-electron chi connectivity index (χ4n) is 2.07. The normalized spacial score (nSPS) is 32.0. The molecule has 7 nitrogen and oxygen atoms in total. The Bertz CT molecular complexity index is 296. The van der Waals surface area contributed by atoms with Crippen molar-refractivity contribution < 1.29 is 34.7 Å². The van der Waals surface area contributed by atoms with Crippen molar-refractivity contribution >= 4 is 5.97 Å². The van der Waals surface area contributed by atoms with Crippen LogP contribution in [0.5, 0.6) is 0 Å². The smallest absolute Gasteiger partial charge is 0.183 e. The van der Waals surface area contributed by atoms with Gasteiger partial charge in [0.2, 0.25) is 0 Å². The maximum Gasteiger partial charge on any atom is 0.183 e. The number of hydrogen-bond acceptors (Lipinski definition) is 7. The summed E-state index contributed by atoms with van der Waals surface area (Å²) in [5.74, 6) is -1.26. The van der Waals surface area contributed by atoms with Crippen LogP contribution in [0.1, 0.15) is 39.0 Å². The third kappa shape index (κ3) is 6.15. The molecule has 1 rings (SSSR count). The lowest BCUT2D eigenvalue weighted by Crippen LogP contribution is -2.47. The summed E-state index contributed by atoms with van der Waals surface area (Å²) in [4.78, 5) is 10.2. The second-order valence-electron chi connectivity index (χ2n) is 5.18. The molecule has 0 spiro atoms. The number of carboxylic acids is 1. The van der Waals surface area contributed by atoms with E-state index < -0.39 is 30.6 Å². The Labute approximate surface area is 118 Å². The summed E-state index contributed by atoms with van der Waals surface area (Å²) in [6, 6.07) is 0. The average molecular weight is 291 g/mol. The lowest BCUT2D eigenvalue weighted by atomic mass is 10.0. The van der Waals surface area contributed by atoms with Crippen molar-refractivity contribution in [3.8, 4) is 0 Å². The quantitative estimate of drug-likeness (QED) is 0.467. The SMILES string of the molecule is C[C@@H]1O[C@@H](OCCCC[C@@H](O)CC(=O)[O-])[C@H](O)C[C@H]1O. The van der Waals surface area contributed by atoms with Crippen LogP contribution < -0.4 is 5.11 Å². The Morgan fingerprint density at radius 1 is 1.40 bits per heavy atom. The van der Waals surface area contributed by atoms with E-state index in [9.17, 15) is 25.2 Å². The van der Waals surface area contributed by atoms with Gasteiger partial charge in [0.25, 0.3) is 0 Å². The van der Waals surface area contributed by atoms with Crippen LogP contribution in [-0.2, 0) is 14.3 Å². The Balaban J connectivity index is 2.10. The van der Waals surface area contributed by atoms with Crippen LogP contribution in [0.25, 0.3) is 0 Å². The lowest BCUT2D eigenvalue weighted by Gasteiger charge is -2.35. The van der Waals surface area contributed by atoms with Crippen molar-refractivity contribution in [1.29, 1.82) is 0 Å². The molecule has 0 aromatic heterocycles. The van der Waals surface area contributed by atoms with Crippen LogP contribution in [0.3, 0.4) is 0 Å². The molecule has 118 valence electrons. The van der Waals surface area contributed by atoms with Gasteiger partial charge < -0.3 is 34.7 Å². The third-order valence-electron chi connectivity index (χ3n) is 3.30. The summed E-state index contributed by atoms with van der Waals surface area (Å²) >= 11 is 0. The van der Waals surface area contributed by atoms with Crippen molar-refractivity contribution in [2.24, 2.45) is 0 Å². The van der Waals surface area contributed by atoms with Gasteiger partial charge in [-0.2, -0.15) is 0 Å². The fourth-order valence-corrected chi connectivity index (χ4v) is 2.07. The molecule has 1 aliphatic heterocycles. The highest BCUT2D eigenvalue weighted by molar-refractivity contribution is 5.64. The first-order valence-corrected chi connectivity index (χ1v) is 6.91. The molecule has 20 heavy (non-hydrogen) atoms. The number of carbonyl (C=O) groups is 1. The Morgan fingerprint density at radius 3 is 2.75 bits per heavy atom. The van der Waals surface area contributed by atoms with Gasteiger partial charge in [-0.1, -0.05) is 0 Å². The summed E-state index contributed by atoms with van der Waals surface area (Å²) in [6.07, 6.45) is -2.13. The van der Waals surface area contributed by atoms with Crippen LogP contribution in [0.4, 0.5) is 0 Å². The minimum Gasteiger partial charge on any atom is -0.550 e. The third-order valence-corrected chi connectivity index (χ3v) is 3.30. The zero-order chi connectivity index (χ0) is 15.1. The predicted octanol–water partition coefficient (Wildman–Crippen LogP) is -1.47. The molecular weight excluding hydrogens is 268 g/mol. The van der Waals surface area contributed by atoms with E-state index in [1.165, 1.54) is 0 Å². The monoisotopic (exact) mass is 291 g/mol. The molecule has 1 heterocycles. The number of unbranched alkanes of at least 4 members (excludes halogenated alkanes) is 1. The average Bonchev–Trinajstić information content (AvgIpc) is 2.34. The molecule has 3 N–H and O–H groups in total. The van der Waals surface area contributed by atoms with E-state index in [1.807, 2.05) is 0 Å². The molecule has 0 radical (unpaired) electrons. The molecule has 0 saturated carbocycles. The van der Waals surface area contributed by atoms with Crippen LogP contribution in [0, 0.1) is 0 Å². The van der Waals surface area contributed by atoms with Crippen molar-refractivity contribution in [1.82, 2.24) is 0 Å². The van der Waals surface area contributed by atoms with E-state index in [2.05, 4.69) is 0 Å². The van der Waals surface area contributed by atoms with Gasteiger partial charge in [0, 0.05) is 25.4 Å². The molecular formula is C13H23O7-. The van der Waals surface area contributed by atoms with Gasteiger partial charge in [-0.05, 0) is 26.2 Å². The zero-order valence-electron chi connectivity index (χ0n) is 11.6. The van der Waals surface area contributed by atoms with Gasteiger partial charge in [0.1, 0.15) is 6.10 Å². The van der Waals surface area contributed by atoms with Crippen LogP contribution >= 0.6 is 0 Å². The molecule has 7 heteroatoms. The van der Waals surface area contributed by atoms with Crippen molar-refractivity contribution in [3.05, 3.63) is 0 Å². The Hall–Kier alpha value is -0.730. The second-order valence-corrected chi connectivity index (χ2v) is 5.18. The fraction of sp³-hybridized carbons (Fsp3) is 0.923. The summed E-state index contributed by atoms with van der Waals surface area (Å²) in [5.41, 5.74) is 0. The van der Waals surface area contributed by atoms with E-state index in [4.69, 9.17) is 9.47 Å². The highest BCUT2D eigenvalue weighted by atomic mass is 16.7. The first-order valence-electron chi connectivity index (χ1n) is 6.91. The van der Waals surface area contributed by atoms with E-state index in [-0.39, 0.29) is 18.9 Å². The predicted molar refractivity (Wildman–Crippen MR) is 66.4 cm³/mol. The molecule has 0 bridgehead atoms. The van der Waals surface area contributed by atoms with Gasteiger partial charge in [-0.25, -0.2) is 0 Å². The molecule has 5 atom stereocenters. The van der Waals surface area contributed by atoms with Crippen LogP contribution in [-0.4, -0.2) is 58.6 Å². The molecule has 1 fully saturated rings. The summed E-state index contributed by atoms with van der Waals surface area (Å²) < 4.78 is 10.7. The zero-order valence-corrected chi connectivity index (χ0v) is 11.6. The number of aliphatic hydroxyl groups is 3. The van der Waals surface area contributed by atoms with Gasteiger partial charge in [-0.3, -0.25) is 0 Å². The number of rotatable bonds is 8. The van der Waals surface area contributed by atoms with E-state index in [0.29, 0.717) is 25.9 Å². The van der Waals surface area contributed by atoms with Gasteiger partial charge in [0.15, 0.2) is 6.29 Å². The van der Waals surface area contributed by atoms with Gasteiger partial charge >= 0.3 is 0 Å². The van der Waals surface area contributed by atoms with E-state index >= 15 is 0 Å². The summed E-state index contributed by atoms with van der Waals surface area (Å²) in [6.45, 7) is 2.05. The van der Waals surface area contributed by atoms with Gasteiger partial charge in [0.05, 0.1) is 18.3 Å². The molecule has 0 aromatic rings. The largest absolute Gasteiger partial charge is 0.550 e. The molecule has 0 aliphatic carbocycles. The number of carbonyl (C=O) groups excluding carboxylic acids is 1. The highest BCUT2D eigenvalue weighted by Gasteiger charge is 2.34. The topological polar surface area (TPSA) is 119 Å². The van der Waals surface area contributed by atoms with Crippen molar-refractivity contribution in [2.75, 3.05) is 6.61 Å². The first kappa shape index (κ1) is 17.3. The molecule has 0 aromatic carbocycles. The maximum absolute atomic E-state index is 10.2. The highest BCUT2D eigenvalue weighted by Crippen LogP contribution is 2.21. The molecule has 0 unspecified atom stereocenters. The van der Waals surface area contributed by atoms with E-state index in [0.717, 1.165) is 0 Å². The Morgan fingerprint density at radius 2 is 2.10 bits per heavy atom. The number of aliphatic hydroxyl groups excluding tert-OH is 3. The maximum atomic E-state index is 10.2. The first-order chi connectivity index (χ1) is 9.40. The summed E-state index contributed by atoms with van der Waals surface area (Å²) in [7, 11) is 0. The van der Waals surface area contributed by atoms with Gasteiger partial charge in [-0.15, -0.1) is 0 Å².